The highest BCUT2D eigenvalue weighted by molar-refractivity contribution is 7.89. The molecule has 1 saturated heterocycles. The molecule has 0 N–H and O–H groups in total. The quantitative estimate of drug-likeness (QED) is 0.459. The highest BCUT2D eigenvalue weighted by Gasteiger charge is 2.34. The number of methoxy groups -OCH3 is 1. The maximum absolute atomic E-state index is 12.6. The summed E-state index contributed by atoms with van der Waals surface area (Å²) >= 11 is 5.70. The second-order valence-corrected chi connectivity index (χ2v) is 7.44. The Morgan fingerprint density at radius 3 is 2.78 bits per heavy atom. The van der Waals surface area contributed by atoms with Crippen molar-refractivity contribution in [2.75, 3.05) is 20.2 Å². The van der Waals surface area contributed by atoms with E-state index >= 15 is 0 Å². The number of esters is 1. The molecule has 23 heavy (non-hydrogen) atoms. The maximum Gasteiger partial charge on any atom is 0.309 e. The van der Waals surface area contributed by atoms with Gasteiger partial charge in [-0.05, 0) is 25.0 Å². The van der Waals surface area contributed by atoms with E-state index in [2.05, 4.69) is 4.74 Å². The molecule has 1 atom stereocenters. The van der Waals surface area contributed by atoms with Gasteiger partial charge in [0.2, 0.25) is 10.0 Å². The number of hydrogen-bond acceptors (Lipinski definition) is 6. The van der Waals surface area contributed by atoms with Crippen LogP contribution in [0.15, 0.2) is 23.1 Å². The van der Waals surface area contributed by atoms with Crippen molar-refractivity contribution in [3.05, 3.63) is 33.3 Å². The molecule has 1 aliphatic rings. The van der Waals surface area contributed by atoms with Crippen molar-refractivity contribution in [1.29, 1.82) is 0 Å². The van der Waals surface area contributed by atoms with Gasteiger partial charge in [-0.1, -0.05) is 11.6 Å². The number of nitrogens with zero attached hydrogens (tertiary/aromatic N) is 2. The highest BCUT2D eigenvalue weighted by Crippen LogP contribution is 2.30. The third kappa shape index (κ3) is 3.62. The van der Waals surface area contributed by atoms with Gasteiger partial charge in [0.15, 0.2) is 0 Å². The van der Waals surface area contributed by atoms with E-state index in [4.69, 9.17) is 11.6 Å². The molecule has 10 heteroatoms. The maximum atomic E-state index is 12.6. The molecule has 0 saturated carbocycles. The normalized spacial score (nSPS) is 19.3. The molecule has 1 aliphatic heterocycles. The van der Waals surface area contributed by atoms with E-state index in [0.29, 0.717) is 12.8 Å². The summed E-state index contributed by atoms with van der Waals surface area (Å²) in [6.07, 6.45) is 1.05. The smallest absolute Gasteiger partial charge is 0.309 e. The Morgan fingerprint density at radius 1 is 1.48 bits per heavy atom. The standard InChI is InChI=1S/C13H15ClN2O6S/c1-22-13(17)9-3-2-6-15(8-9)23(20,21)10-4-5-11(14)12(7-10)16(18)19/h4-5,7,9H,2-3,6,8H2,1H3. The number of hydrogen-bond donors (Lipinski definition) is 0. The van der Waals surface area contributed by atoms with Crippen LogP contribution in [0.3, 0.4) is 0 Å². The van der Waals surface area contributed by atoms with Gasteiger partial charge in [0, 0.05) is 19.2 Å². The third-order valence-corrected chi connectivity index (χ3v) is 5.85. The lowest BCUT2D eigenvalue weighted by Gasteiger charge is -2.30. The number of nitro benzene ring substituents is 1. The lowest BCUT2D eigenvalue weighted by molar-refractivity contribution is -0.384. The number of nitro groups is 1. The molecule has 1 fully saturated rings. The van der Waals surface area contributed by atoms with Crippen LogP contribution in [0.5, 0.6) is 0 Å². The number of sulfonamides is 1. The lowest BCUT2D eigenvalue weighted by atomic mass is 10.0. The molecule has 0 aliphatic carbocycles. The summed E-state index contributed by atoms with van der Waals surface area (Å²) in [5.74, 6) is -1.00. The van der Waals surface area contributed by atoms with Gasteiger partial charge in [-0.25, -0.2) is 8.42 Å². The van der Waals surface area contributed by atoms with Crippen LogP contribution in [0.1, 0.15) is 12.8 Å². The van der Waals surface area contributed by atoms with Gasteiger partial charge in [-0.3, -0.25) is 14.9 Å². The molecule has 0 bridgehead atoms. The molecule has 1 aromatic carbocycles. The van der Waals surface area contributed by atoms with E-state index in [0.717, 1.165) is 10.4 Å². The number of carbonyl (C=O) groups excluding carboxylic acids is 1. The number of rotatable bonds is 4. The fraction of sp³-hybridized carbons (Fsp3) is 0.462. The predicted octanol–water partition coefficient (Wildman–Crippen LogP) is 1.82. The van der Waals surface area contributed by atoms with Crippen LogP contribution >= 0.6 is 11.6 Å². The summed E-state index contributed by atoms with van der Waals surface area (Å²) in [6, 6.07) is 3.32. The van der Waals surface area contributed by atoms with Gasteiger partial charge >= 0.3 is 5.97 Å². The second kappa shape index (κ2) is 6.81. The number of benzene rings is 1. The molecule has 1 aromatic rings. The first-order valence-corrected chi connectivity index (χ1v) is 8.61. The Kier molecular flexibility index (Phi) is 5.23. The summed E-state index contributed by atoms with van der Waals surface area (Å²) in [7, 11) is -2.70. The van der Waals surface area contributed by atoms with Gasteiger partial charge in [0.05, 0.1) is 22.8 Å². The molecule has 126 valence electrons. The van der Waals surface area contributed by atoms with Crippen LogP contribution in [-0.2, 0) is 19.6 Å². The number of piperidine rings is 1. The van der Waals surface area contributed by atoms with Crippen molar-refractivity contribution < 1.29 is 22.9 Å². The fourth-order valence-corrected chi connectivity index (χ4v) is 4.19. The predicted molar refractivity (Wildman–Crippen MR) is 81.6 cm³/mol. The van der Waals surface area contributed by atoms with Crippen molar-refractivity contribution in [2.24, 2.45) is 5.92 Å². The Balaban J connectivity index is 2.33. The topological polar surface area (TPSA) is 107 Å². The zero-order chi connectivity index (χ0) is 17.2. The van der Waals surface area contributed by atoms with E-state index in [-0.39, 0.29) is 23.0 Å². The van der Waals surface area contributed by atoms with Gasteiger partial charge in [0.25, 0.3) is 5.69 Å². The Morgan fingerprint density at radius 2 is 2.17 bits per heavy atom. The first-order valence-electron chi connectivity index (χ1n) is 6.79. The zero-order valence-corrected chi connectivity index (χ0v) is 13.8. The average Bonchev–Trinajstić information content (AvgIpc) is 2.54. The first kappa shape index (κ1) is 17.6. The molecular formula is C13H15ClN2O6S. The summed E-state index contributed by atoms with van der Waals surface area (Å²) in [6.45, 7) is 0.234. The minimum atomic E-state index is -3.95. The molecule has 0 amide bonds. The van der Waals surface area contributed by atoms with Crippen molar-refractivity contribution in [2.45, 2.75) is 17.7 Å². The second-order valence-electron chi connectivity index (χ2n) is 5.10. The van der Waals surface area contributed by atoms with Crippen molar-refractivity contribution in [3.8, 4) is 0 Å². The first-order chi connectivity index (χ1) is 10.8. The summed E-state index contributed by atoms with van der Waals surface area (Å²) in [4.78, 5) is 21.6. The Bertz CT molecular complexity index is 736. The molecule has 0 radical (unpaired) electrons. The summed E-state index contributed by atoms with van der Waals surface area (Å²) in [5.41, 5.74) is -0.478. The highest BCUT2D eigenvalue weighted by atomic mass is 35.5. The van der Waals surface area contributed by atoms with Crippen LogP contribution in [-0.4, -0.2) is 43.8 Å². The summed E-state index contributed by atoms with van der Waals surface area (Å²) < 4.78 is 31.1. The van der Waals surface area contributed by atoms with E-state index in [1.165, 1.54) is 19.2 Å². The minimum Gasteiger partial charge on any atom is -0.469 e. The molecule has 1 unspecified atom stereocenters. The molecule has 2 rings (SSSR count). The van der Waals surface area contributed by atoms with Crippen LogP contribution in [0.2, 0.25) is 5.02 Å². The molecule has 1 heterocycles. The molecule has 0 spiro atoms. The van der Waals surface area contributed by atoms with Gasteiger partial charge in [0.1, 0.15) is 5.02 Å². The van der Waals surface area contributed by atoms with Gasteiger partial charge in [-0.2, -0.15) is 4.31 Å². The van der Waals surface area contributed by atoms with E-state index in [1.807, 2.05) is 0 Å². The molecular weight excluding hydrogens is 348 g/mol. The molecule has 8 nitrogen and oxygen atoms in total. The van der Waals surface area contributed by atoms with Crippen LogP contribution in [0, 0.1) is 16.0 Å². The van der Waals surface area contributed by atoms with Crippen molar-refractivity contribution in [1.82, 2.24) is 4.31 Å². The lowest BCUT2D eigenvalue weighted by Crippen LogP contribution is -2.42. The van der Waals surface area contributed by atoms with Crippen LogP contribution < -0.4 is 0 Å². The third-order valence-electron chi connectivity index (χ3n) is 3.67. The number of carbonyl (C=O) groups is 1. The SMILES string of the molecule is COC(=O)C1CCCN(S(=O)(=O)c2ccc(Cl)c([N+](=O)[O-])c2)C1. The Hall–Kier alpha value is -1.71. The van der Waals surface area contributed by atoms with Gasteiger partial charge in [-0.15, -0.1) is 0 Å². The fourth-order valence-electron chi connectivity index (χ4n) is 2.46. The van der Waals surface area contributed by atoms with Crippen LogP contribution in [0.25, 0.3) is 0 Å². The van der Waals surface area contributed by atoms with E-state index in [1.54, 1.807) is 0 Å². The number of halogens is 1. The largest absolute Gasteiger partial charge is 0.469 e. The van der Waals surface area contributed by atoms with E-state index < -0.39 is 32.5 Å². The van der Waals surface area contributed by atoms with Gasteiger partial charge < -0.3 is 4.74 Å². The van der Waals surface area contributed by atoms with Crippen molar-refractivity contribution in [3.63, 3.8) is 0 Å². The monoisotopic (exact) mass is 362 g/mol. The minimum absolute atomic E-state index is 0.00850. The average molecular weight is 363 g/mol. The van der Waals surface area contributed by atoms with E-state index in [9.17, 15) is 23.3 Å². The summed E-state index contributed by atoms with van der Waals surface area (Å²) in [5, 5.41) is 10.8. The molecule has 0 aromatic heterocycles. The van der Waals surface area contributed by atoms with Crippen molar-refractivity contribution >= 4 is 33.3 Å². The number of ether oxygens (including phenoxy) is 1. The zero-order valence-electron chi connectivity index (χ0n) is 12.3. The van der Waals surface area contributed by atoms with Crippen LogP contribution in [0.4, 0.5) is 5.69 Å². The Labute approximate surface area is 138 Å².